The lowest BCUT2D eigenvalue weighted by atomic mass is 9.80. The van der Waals surface area contributed by atoms with Crippen LogP contribution in [0.15, 0.2) is 0 Å². The lowest BCUT2D eigenvalue weighted by molar-refractivity contribution is -0.195. The van der Waals surface area contributed by atoms with Crippen LogP contribution in [0, 0.1) is 11.3 Å². The van der Waals surface area contributed by atoms with E-state index in [9.17, 15) is 23.1 Å². The van der Waals surface area contributed by atoms with Crippen LogP contribution in [-0.2, 0) is 4.79 Å². The quantitative estimate of drug-likeness (QED) is 0.836. The molecule has 0 aromatic rings. The van der Waals surface area contributed by atoms with Crippen LogP contribution >= 0.6 is 0 Å². The van der Waals surface area contributed by atoms with E-state index in [-0.39, 0.29) is 26.2 Å². The number of alkyl halides is 3. The number of halogens is 3. The van der Waals surface area contributed by atoms with Crippen molar-refractivity contribution in [3.63, 3.8) is 0 Å². The van der Waals surface area contributed by atoms with E-state index >= 15 is 0 Å². The molecule has 118 valence electrons. The van der Waals surface area contributed by atoms with E-state index in [1.807, 2.05) is 0 Å². The molecule has 1 heterocycles. The molecule has 4 nitrogen and oxygen atoms in total. The van der Waals surface area contributed by atoms with E-state index in [1.165, 1.54) is 16.8 Å². The van der Waals surface area contributed by atoms with E-state index in [1.54, 1.807) is 20.8 Å². The molecule has 1 aliphatic heterocycles. The maximum Gasteiger partial charge on any atom is 0.405 e. The molecule has 0 spiro atoms. The lowest BCUT2D eigenvalue weighted by Gasteiger charge is -2.42. The van der Waals surface area contributed by atoms with Crippen LogP contribution in [-0.4, -0.2) is 66.3 Å². The second-order valence-corrected chi connectivity index (χ2v) is 6.42. The highest BCUT2D eigenvalue weighted by Crippen LogP contribution is 2.31. The summed E-state index contributed by atoms with van der Waals surface area (Å²) in [7, 11) is 1.41. The minimum atomic E-state index is -4.36. The summed E-state index contributed by atoms with van der Waals surface area (Å²) in [4.78, 5) is 14.8. The fourth-order valence-corrected chi connectivity index (χ4v) is 2.37. The Kier molecular flexibility index (Phi) is 5.08. The topological polar surface area (TPSA) is 43.8 Å². The van der Waals surface area contributed by atoms with Crippen molar-refractivity contribution in [2.75, 3.05) is 33.3 Å². The number of aliphatic hydroxyl groups is 1. The Hall–Kier alpha value is -0.820. The number of hydrogen-bond donors (Lipinski definition) is 1. The molecular formula is C13H23F3N2O2. The summed E-state index contributed by atoms with van der Waals surface area (Å²) >= 11 is 0. The Morgan fingerprint density at radius 1 is 1.30 bits per heavy atom. The highest BCUT2D eigenvalue weighted by molar-refractivity contribution is 5.80. The van der Waals surface area contributed by atoms with Crippen LogP contribution in [0.1, 0.15) is 20.8 Å². The summed E-state index contributed by atoms with van der Waals surface area (Å²) in [6, 6.07) is -1.64. The van der Waals surface area contributed by atoms with E-state index in [2.05, 4.69) is 0 Å². The number of carbonyl (C=O) groups is 1. The van der Waals surface area contributed by atoms with Gasteiger partial charge in [-0.05, 0) is 12.5 Å². The van der Waals surface area contributed by atoms with Gasteiger partial charge in [-0.25, -0.2) is 0 Å². The summed E-state index contributed by atoms with van der Waals surface area (Å²) in [5.41, 5.74) is -0.483. The van der Waals surface area contributed by atoms with Crippen molar-refractivity contribution in [1.82, 2.24) is 9.80 Å². The van der Waals surface area contributed by atoms with Gasteiger partial charge in [0.05, 0.1) is 12.5 Å². The first-order valence-electron chi connectivity index (χ1n) is 6.65. The van der Waals surface area contributed by atoms with Crippen molar-refractivity contribution in [1.29, 1.82) is 0 Å². The number of piperazine rings is 1. The van der Waals surface area contributed by atoms with Crippen LogP contribution in [0.5, 0.6) is 0 Å². The van der Waals surface area contributed by atoms with Crippen molar-refractivity contribution >= 4 is 5.91 Å². The van der Waals surface area contributed by atoms with Crippen LogP contribution in [0.2, 0.25) is 0 Å². The monoisotopic (exact) mass is 296 g/mol. The van der Waals surface area contributed by atoms with Gasteiger partial charge in [0.15, 0.2) is 0 Å². The van der Waals surface area contributed by atoms with Crippen molar-refractivity contribution in [2.45, 2.75) is 33.0 Å². The van der Waals surface area contributed by atoms with Gasteiger partial charge in [-0.1, -0.05) is 20.8 Å². The fourth-order valence-electron chi connectivity index (χ4n) is 2.37. The molecule has 1 saturated heterocycles. The van der Waals surface area contributed by atoms with Crippen molar-refractivity contribution in [3.05, 3.63) is 0 Å². The SMILES string of the molecule is CN1CCN(C(=O)C(CO)C(C)(C)C)CC1C(F)(F)F. The van der Waals surface area contributed by atoms with E-state index < -0.39 is 29.5 Å². The number of nitrogens with zero attached hydrogens (tertiary/aromatic N) is 2. The number of amides is 1. The van der Waals surface area contributed by atoms with Gasteiger partial charge >= 0.3 is 6.18 Å². The molecule has 1 aliphatic rings. The van der Waals surface area contributed by atoms with E-state index in [4.69, 9.17) is 0 Å². The maximum atomic E-state index is 12.9. The number of likely N-dealkylation sites (N-methyl/N-ethyl adjacent to an activating group) is 1. The third-order valence-corrected chi connectivity index (χ3v) is 3.86. The molecule has 2 unspecified atom stereocenters. The van der Waals surface area contributed by atoms with Gasteiger partial charge in [-0.2, -0.15) is 13.2 Å². The second kappa shape index (κ2) is 5.89. The van der Waals surface area contributed by atoms with Crippen molar-refractivity contribution in [2.24, 2.45) is 11.3 Å². The third kappa shape index (κ3) is 3.85. The Labute approximate surface area is 117 Å². The Balaban J connectivity index is 2.85. The Bertz CT molecular complexity index is 353. The molecular weight excluding hydrogens is 273 g/mol. The summed E-state index contributed by atoms with van der Waals surface area (Å²) in [6.45, 7) is 5.10. The molecule has 1 rings (SSSR count). The number of hydrogen-bond acceptors (Lipinski definition) is 3. The Morgan fingerprint density at radius 2 is 1.85 bits per heavy atom. The predicted molar refractivity (Wildman–Crippen MR) is 69.1 cm³/mol. The Morgan fingerprint density at radius 3 is 2.25 bits per heavy atom. The van der Waals surface area contributed by atoms with Crippen LogP contribution in [0.25, 0.3) is 0 Å². The van der Waals surface area contributed by atoms with E-state index in [0.717, 1.165) is 0 Å². The summed E-state index contributed by atoms with van der Waals surface area (Å²) in [6.07, 6.45) is -4.36. The minimum Gasteiger partial charge on any atom is -0.396 e. The number of aliphatic hydroxyl groups excluding tert-OH is 1. The molecule has 0 bridgehead atoms. The largest absolute Gasteiger partial charge is 0.405 e. The molecule has 1 N–H and O–H groups in total. The third-order valence-electron chi connectivity index (χ3n) is 3.86. The average Bonchev–Trinajstić information content (AvgIpc) is 2.26. The first-order chi connectivity index (χ1) is 8.98. The first-order valence-corrected chi connectivity index (χ1v) is 6.65. The van der Waals surface area contributed by atoms with Crippen molar-refractivity contribution in [3.8, 4) is 0 Å². The molecule has 0 radical (unpaired) electrons. The summed E-state index contributed by atoms with van der Waals surface area (Å²) in [5, 5.41) is 9.36. The fraction of sp³-hybridized carbons (Fsp3) is 0.923. The van der Waals surface area contributed by atoms with Gasteiger partial charge in [-0.3, -0.25) is 9.69 Å². The maximum absolute atomic E-state index is 12.9. The molecule has 1 amide bonds. The molecule has 0 aliphatic carbocycles. The molecule has 2 atom stereocenters. The first kappa shape index (κ1) is 17.2. The second-order valence-electron chi connectivity index (χ2n) is 6.42. The zero-order chi connectivity index (χ0) is 15.7. The van der Waals surface area contributed by atoms with E-state index in [0.29, 0.717) is 0 Å². The summed E-state index contributed by atoms with van der Waals surface area (Å²) in [5.74, 6) is -1.08. The predicted octanol–water partition coefficient (Wildman–Crippen LogP) is 1.35. The molecule has 0 aromatic carbocycles. The minimum absolute atomic E-state index is 0.179. The van der Waals surface area contributed by atoms with Gasteiger partial charge < -0.3 is 10.0 Å². The normalized spacial score (nSPS) is 23.8. The zero-order valence-corrected chi connectivity index (χ0v) is 12.4. The van der Waals surface area contributed by atoms with Gasteiger partial charge in [0.2, 0.25) is 5.91 Å². The average molecular weight is 296 g/mol. The zero-order valence-electron chi connectivity index (χ0n) is 12.4. The van der Waals surface area contributed by atoms with Crippen LogP contribution in [0.4, 0.5) is 13.2 Å². The molecule has 20 heavy (non-hydrogen) atoms. The van der Waals surface area contributed by atoms with Crippen molar-refractivity contribution < 1.29 is 23.1 Å². The van der Waals surface area contributed by atoms with Crippen LogP contribution in [0.3, 0.4) is 0 Å². The molecule has 0 saturated carbocycles. The number of carbonyl (C=O) groups excluding carboxylic acids is 1. The smallest absolute Gasteiger partial charge is 0.396 e. The van der Waals surface area contributed by atoms with Gasteiger partial charge in [0.25, 0.3) is 0 Å². The number of rotatable bonds is 2. The van der Waals surface area contributed by atoms with Crippen LogP contribution < -0.4 is 0 Å². The lowest BCUT2D eigenvalue weighted by Crippen LogP contribution is -2.60. The highest BCUT2D eigenvalue weighted by atomic mass is 19.4. The standard InChI is InChI=1S/C13H23F3N2O2/c1-12(2,3)9(8-19)11(20)18-6-5-17(4)10(7-18)13(14,15)16/h9-10,19H,5-8H2,1-4H3. The highest BCUT2D eigenvalue weighted by Gasteiger charge is 2.47. The van der Waals surface area contributed by atoms with Gasteiger partial charge in [0.1, 0.15) is 6.04 Å². The molecule has 7 heteroatoms. The summed E-state index contributed by atoms with van der Waals surface area (Å²) < 4.78 is 38.7. The van der Waals surface area contributed by atoms with Gasteiger partial charge in [0, 0.05) is 19.6 Å². The molecule has 0 aromatic heterocycles. The van der Waals surface area contributed by atoms with Gasteiger partial charge in [-0.15, -0.1) is 0 Å². The molecule has 1 fully saturated rings.